The first-order chi connectivity index (χ1) is 9.45. The lowest BCUT2D eigenvalue weighted by Crippen LogP contribution is -2.45. The minimum Gasteiger partial charge on any atom is -0.461 e. The summed E-state index contributed by atoms with van der Waals surface area (Å²) in [6.45, 7) is 5.39. The fourth-order valence-electron chi connectivity index (χ4n) is 1.95. The summed E-state index contributed by atoms with van der Waals surface area (Å²) in [7, 11) is 1.65. The van der Waals surface area contributed by atoms with Crippen LogP contribution in [0.15, 0.2) is 30.3 Å². The Balaban J connectivity index is 2.89. The number of carbonyl (C=O) groups excluding carboxylic acids is 2. The van der Waals surface area contributed by atoms with Crippen molar-refractivity contribution in [3.8, 4) is 0 Å². The number of benzene rings is 1. The van der Waals surface area contributed by atoms with Crippen molar-refractivity contribution in [1.82, 2.24) is 4.90 Å². The van der Waals surface area contributed by atoms with E-state index in [1.807, 2.05) is 30.3 Å². The molecule has 1 aromatic rings. The molecule has 1 rings (SSSR count). The molecule has 0 fully saturated rings. The molecule has 0 heterocycles. The molecule has 0 unspecified atom stereocenters. The van der Waals surface area contributed by atoms with E-state index in [9.17, 15) is 9.59 Å². The smallest absolute Gasteiger partial charge is 0.329 e. The molecular formula is C16H23NO3. The second kappa shape index (κ2) is 7.68. The number of ether oxygens (including phenoxy) is 1. The van der Waals surface area contributed by atoms with Gasteiger partial charge < -0.3 is 9.64 Å². The van der Waals surface area contributed by atoms with E-state index in [0.717, 1.165) is 5.56 Å². The Bertz CT molecular complexity index is 442. The molecule has 0 aliphatic rings. The number of likely N-dealkylation sites (N-methyl/N-ethyl adjacent to an activating group) is 1. The van der Waals surface area contributed by atoms with Gasteiger partial charge in [0.1, 0.15) is 6.04 Å². The van der Waals surface area contributed by atoms with Crippen LogP contribution in [0.2, 0.25) is 0 Å². The molecule has 0 radical (unpaired) electrons. The average molecular weight is 277 g/mol. The highest BCUT2D eigenvalue weighted by molar-refractivity contribution is 5.84. The van der Waals surface area contributed by atoms with Crippen molar-refractivity contribution in [2.24, 2.45) is 0 Å². The van der Waals surface area contributed by atoms with E-state index in [-0.39, 0.29) is 18.0 Å². The molecule has 0 aliphatic carbocycles. The first kappa shape index (κ1) is 16.2. The first-order valence-corrected chi connectivity index (χ1v) is 6.95. The van der Waals surface area contributed by atoms with Gasteiger partial charge in [-0.25, -0.2) is 4.79 Å². The van der Waals surface area contributed by atoms with Gasteiger partial charge in [-0.05, 0) is 19.4 Å². The quantitative estimate of drug-likeness (QED) is 0.750. The van der Waals surface area contributed by atoms with Crippen molar-refractivity contribution in [1.29, 1.82) is 0 Å². The number of hydrogen-bond acceptors (Lipinski definition) is 3. The number of amides is 1. The summed E-state index contributed by atoms with van der Waals surface area (Å²) >= 11 is 0. The van der Waals surface area contributed by atoms with E-state index in [2.05, 4.69) is 0 Å². The van der Waals surface area contributed by atoms with Gasteiger partial charge in [0.25, 0.3) is 0 Å². The van der Waals surface area contributed by atoms with Crippen LogP contribution in [0.3, 0.4) is 0 Å². The highest BCUT2D eigenvalue weighted by Crippen LogP contribution is 2.11. The molecule has 0 bridgehead atoms. The molecule has 0 aliphatic heterocycles. The summed E-state index contributed by atoms with van der Waals surface area (Å²) in [5.74, 6) is -0.417. The fraction of sp³-hybridized carbons (Fsp3) is 0.500. The Labute approximate surface area is 120 Å². The molecule has 0 aromatic heterocycles. The highest BCUT2D eigenvalue weighted by atomic mass is 16.5. The zero-order chi connectivity index (χ0) is 15.1. The van der Waals surface area contributed by atoms with Crippen molar-refractivity contribution in [2.45, 2.75) is 45.8 Å². The monoisotopic (exact) mass is 277 g/mol. The van der Waals surface area contributed by atoms with Crippen molar-refractivity contribution in [3.63, 3.8) is 0 Å². The predicted molar refractivity (Wildman–Crippen MR) is 78.2 cm³/mol. The number of nitrogens with zero attached hydrogens (tertiary/aromatic N) is 1. The summed E-state index contributed by atoms with van der Waals surface area (Å²) in [4.78, 5) is 25.5. The van der Waals surface area contributed by atoms with E-state index < -0.39 is 6.04 Å². The van der Waals surface area contributed by atoms with Crippen molar-refractivity contribution < 1.29 is 14.3 Å². The third-order valence-corrected chi connectivity index (χ3v) is 3.06. The van der Waals surface area contributed by atoms with Crippen molar-refractivity contribution >= 4 is 11.9 Å². The lowest BCUT2D eigenvalue weighted by Gasteiger charge is -2.27. The van der Waals surface area contributed by atoms with Crippen molar-refractivity contribution in [2.75, 3.05) is 7.05 Å². The van der Waals surface area contributed by atoms with Crippen LogP contribution < -0.4 is 0 Å². The minimum absolute atomic E-state index is 0.0633. The van der Waals surface area contributed by atoms with E-state index in [1.54, 1.807) is 27.8 Å². The molecule has 1 amide bonds. The lowest BCUT2D eigenvalue weighted by molar-refractivity contribution is -0.157. The summed E-state index contributed by atoms with van der Waals surface area (Å²) in [6, 6.07) is 9.07. The van der Waals surface area contributed by atoms with Gasteiger partial charge in [0.05, 0.1) is 6.10 Å². The van der Waals surface area contributed by atoms with Gasteiger partial charge in [-0.1, -0.05) is 37.3 Å². The summed E-state index contributed by atoms with van der Waals surface area (Å²) in [5, 5.41) is 0. The van der Waals surface area contributed by atoms with Gasteiger partial charge in [0.2, 0.25) is 5.91 Å². The molecule has 4 nitrogen and oxygen atoms in total. The molecule has 110 valence electrons. The number of carbonyl (C=O) groups is 2. The Kier molecular flexibility index (Phi) is 6.22. The first-order valence-electron chi connectivity index (χ1n) is 6.95. The van der Waals surface area contributed by atoms with Gasteiger partial charge in [-0.15, -0.1) is 0 Å². The number of rotatable bonds is 6. The maximum Gasteiger partial charge on any atom is 0.329 e. The van der Waals surface area contributed by atoms with Gasteiger partial charge in [-0.2, -0.15) is 0 Å². The third kappa shape index (κ3) is 4.68. The number of esters is 1. The topological polar surface area (TPSA) is 46.6 Å². The van der Waals surface area contributed by atoms with Gasteiger partial charge in [0.15, 0.2) is 0 Å². The highest BCUT2D eigenvalue weighted by Gasteiger charge is 2.28. The van der Waals surface area contributed by atoms with Gasteiger partial charge >= 0.3 is 5.97 Å². The molecule has 20 heavy (non-hydrogen) atoms. The zero-order valence-electron chi connectivity index (χ0n) is 12.6. The van der Waals surface area contributed by atoms with Crippen LogP contribution in [0, 0.1) is 0 Å². The Morgan fingerprint density at radius 2 is 1.80 bits per heavy atom. The second-order valence-electron chi connectivity index (χ2n) is 5.05. The predicted octanol–water partition coefficient (Wildman–Crippen LogP) is 2.42. The Hall–Kier alpha value is -1.84. The van der Waals surface area contributed by atoms with Crippen LogP contribution in [0.25, 0.3) is 0 Å². The Morgan fingerprint density at radius 1 is 1.20 bits per heavy atom. The molecule has 0 saturated carbocycles. The van der Waals surface area contributed by atoms with Crippen LogP contribution >= 0.6 is 0 Å². The van der Waals surface area contributed by atoms with Crippen LogP contribution in [0.4, 0.5) is 0 Å². The standard InChI is InChI=1S/C16H23NO3/c1-5-15(18)17(4)14(16(19)20-12(2)3)11-13-9-7-6-8-10-13/h6-10,12,14H,5,11H2,1-4H3/t14-/m0/s1. The van der Waals surface area contributed by atoms with E-state index in [0.29, 0.717) is 12.8 Å². The molecule has 0 N–H and O–H groups in total. The molecule has 0 saturated heterocycles. The van der Waals surface area contributed by atoms with Crippen molar-refractivity contribution in [3.05, 3.63) is 35.9 Å². The van der Waals surface area contributed by atoms with E-state index in [1.165, 1.54) is 4.90 Å². The lowest BCUT2D eigenvalue weighted by atomic mass is 10.0. The largest absolute Gasteiger partial charge is 0.461 e. The SMILES string of the molecule is CCC(=O)N(C)[C@@H](Cc1ccccc1)C(=O)OC(C)C. The third-order valence-electron chi connectivity index (χ3n) is 3.06. The van der Waals surface area contributed by atoms with E-state index in [4.69, 9.17) is 4.74 Å². The zero-order valence-corrected chi connectivity index (χ0v) is 12.6. The maximum absolute atomic E-state index is 12.2. The average Bonchev–Trinajstić information content (AvgIpc) is 2.43. The number of hydrogen-bond donors (Lipinski definition) is 0. The molecule has 1 aromatic carbocycles. The van der Waals surface area contributed by atoms with Crippen LogP contribution in [0.5, 0.6) is 0 Å². The fourth-order valence-corrected chi connectivity index (χ4v) is 1.95. The second-order valence-corrected chi connectivity index (χ2v) is 5.05. The molecule has 0 spiro atoms. The van der Waals surface area contributed by atoms with Crippen LogP contribution in [0.1, 0.15) is 32.8 Å². The van der Waals surface area contributed by atoms with Crippen LogP contribution in [-0.4, -0.2) is 36.0 Å². The van der Waals surface area contributed by atoms with Gasteiger partial charge in [-0.3, -0.25) is 4.79 Å². The van der Waals surface area contributed by atoms with Gasteiger partial charge in [0, 0.05) is 19.9 Å². The summed E-state index contributed by atoms with van der Waals surface area (Å²) < 4.78 is 5.27. The summed E-state index contributed by atoms with van der Waals surface area (Å²) in [5.41, 5.74) is 1.01. The molecule has 4 heteroatoms. The van der Waals surface area contributed by atoms with Crippen LogP contribution in [-0.2, 0) is 20.7 Å². The normalized spacial score (nSPS) is 12.1. The Morgan fingerprint density at radius 3 is 2.30 bits per heavy atom. The minimum atomic E-state index is -0.577. The van der Waals surface area contributed by atoms with E-state index >= 15 is 0 Å². The molecular weight excluding hydrogens is 254 g/mol. The summed E-state index contributed by atoms with van der Waals surface area (Å²) in [6.07, 6.45) is 0.650. The molecule has 1 atom stereocenters. The maximum atomic E-state index is 12.2.